The summed E-state index contributed by atoms with van der Waals surface area (Å²) in [6.45, 7) is 6.42. The van der Waals surface area contributed by atoms with Gasteiger partial charge in [-0.25, -0.2) is 0 Å². The topological polar surface area (TPSA) is 50.4 Å². The Kier molecular flexibility index (Phi) is 6.96. The van der Waals surface area contributed by atoms with Crippen LogP contribution in [0.25, 0.3) is 0 Å². The van der Waals surface area contributed by atoms with Crippen LogP contribution in [0.3, 0.4) is 0 Å². The second-order valence-electron chi connectivity index (χ2n) is 5.93. The molecule has 4 nitrogen and oxygen atoms in total. The van der Waals surface area contributed by atoms with Crippen molar-refractivity contribution in [3.63, 3.8) is 0 Å². The monoisotopic (exact) mass is 420 g/mol. The summed E-state index contributed by atoms with van der Waals surface area (Å²) in [5, 5.41) is 6.02. The molecular weight excluding hydrogens is 400 g/mol. The van der Waals surface area contributed by atoms with E-state index < -0.39 is 0 Å². The third-order valence-electron chi connectivity index (χ3n) is 3.35. The van der Waals surface area contributed by atoms with Crippen LogP contribution in [-0.2, 0) is 6.54 Å². The van der Waals surface area contributed by atoms with Gasteiger partial charge in [-0.3, -0.25) is 10.1 Å². The average Bonchev–Trinajstić information content (AvgIpc) is 2.55. The van der Waals surface area contributed by atoms with Gasteiger partial charge in [0.25, 0.3) is 5.91 Å². The number of halogens is 1. The number of rotatable bonds is 5. The van der Waals surface area contributed by atoms with Crippen LogP contribution < -0.4 is 15.4 Å². The Balaban J connectivity index is 1.99. The van der Waals surface area contributed by atoms with Crippen molar-refractivity contribution in [1.29, 1.82) is 0 Å². The minimum absolute atomic E-state index is 0.0284. The molecule has 0 unspecified atom stereocenters. The maximum Gasteiger partial charge on any atom is 0.261 e. The van der Waals surface area contributed by atoms with Gasteiger partial charge in [0.1, 0.15) is 5.75 Å². The quantitative estimate of drug-likeness (QED) is 0.705. The van der Waals surface area contributed by atoms with E-state index in [1.165, 1.54) is 5.56 Å². The first-order chi connectivity index (χ1) is 11.8. The number of thiocarbonyl (C=S) groups is 1. The summed E-state index contributed by atoms with van der Waals surface area (Å²) in [4.78, 5) is 12.5. The molecule has 2 rings (SSSR count). The molecule has 1 amide bonds. The molecule has 0 saturated heterocycles. The molecule has 0 bridgehead atoms. The number of nitrogens with one attached hydrogen (secondary N) is 2. The summed E-state index contributed by atoms with van der Waals surface area (Å²) in [5.74, 6) is 0.218. The lowest BCUT2D eigenvalue weighted by atomic mass is 10.1. The first kappa shape index (κ1) is 19.4. The standard InChI is InChI=1S/C19H21BrN2O2S/c1-12(2)24-17-9-8-15(20)10-16(17)18(23)22-19(25)21-11-14-6-4-13(3)5-7-14/h4-10,12H,11H2,1-3H3,(H2,21,22,23,25). The molecule has 6 heteroatoms. The van der Waals surface area contributed by atoms with Gasteiger partial charge in [0, 0.05) is 11.0 Å². The fourth-order valence-corrected chi connectivity index (χ4v) is 2.67. The van der Waals surface area contributed by atoms with Crippen LogP contribution >= 0.6 is 28.1 Å². The number of hydrogen-bond acceptors (Lipinski definition) is 3. The number of ether oxygens (including phenoxy) is 1. The molecule has 2 N–H and O–H groups in total. The first-order valence-electron chi connectivity index (χ1n) is 7.96. The molecule has 0 radical (unpaired) electrons. The van der Waals surface area contributed by atoms with Gasteiger partial charge in [-0.2, -0.15) is 0 Å². The Morgan fingerprint density at radius 1 is 1.20 bits per heavy atom. The van der Waals surface area contributed by atoms with E-state index in [4.69, 9.17) is 17.0 Å². The van der Waals surface area contributed by atoms with Crippen LogP contribution in [0.4, 0.5) is 0 Å². The number of benzene rings is 2. The normalized spacial score (nSPS) is 10.4. The van der Waals surface area contributed by atoms with E-state index >= 15 is 0 Å². The van der Waals surface area contributed by atoms with Crippen molar-refractivity contribution in [2.75, 3.05) is 0 Å². The van der Waals surface area contributed by atoms with Gasteiger partial charge in [-0.15, -0.1) is 0 Å². The highest BCUT2D eigenvalue weighted by Crippen LogP contribution is 2.24. The molecule has 2 aromatic carbocycles. The van der Waals surface area contributed by atoms with Gasteiger partial charge in [0.15, 0.2) is 5.11 Å². The maximum atomic E-state index is 12.5. The van der Waals surface area contributed by atoms with Gasteiger partial charge >= 0.3 is 0 Å². The Morgan fingerprint density at radius 3 is 2.52 bits per heavy atom. The minimum atomic E-state index is -0.307. The van der Waals surface area contributed by atoms with E-state index in [9.17, 15) is 4.79 Å². The van der Waals surface area contributed by atoms with E-state index in [1.54, 1.807) is 12.1 Å². The molecule has 0 fully saturated rings. The maximum absolute atomic E-state index is 12.5. The minimum Gasteiger partial charge on any atom is -0.490 e. The second kappa shape index (κ2) is 8.97. The number of carbonyl (C=O) groups is 1. The van der Waals surface area contributed by atoms with Crippen LogP contribution in [0, 0.1) is 6.92 Å². The SMILES string of the molecule is Cc1ccc(CNC(=S)NC(=O)c2cc(Br)ccc2OC(C)C)cc1. The molecule has 0 atom stereocenters. The first-order valence-corrected chi connectivity index (χ1v) is 9.16. The second-order valence-corrected chi connectivity index (χ2v) is 7.25. The predicted molar refractivity (Wildman–Crippen MR) is 108 cm³/mol. The fourth-order valence-electron chi connectivity index (χ4n) is 2.14. The number of amides is 1. The van der Waals surface area contributed by atoms with Crippen molar-refractivity contribution in [1.82, 2.24) is 10.6 Å². The zero-order valence-electron chi connectivity index (χ0n) is 14.4. The lowest BCUT2D eigenvalue weighted by Crippen LogP contribution is -2.39. The lowest BCUT2D eigenvalue weighted by molar-refractivity contribution is 0.0971. The molecule has 0 aromatic heterocycles. The molecule has 0 heterocycles. The smallest absolute Gasteiger partial charge is 0.261 e. The highest BCUT2D eigenvalue weighted by molar-refractivity contribution is 9.10. The van der Waals surface area contributed by atoms with Gasteiger partial charge in [-0.1, -0.05) is 45.8 Å². The molecule has 0 aliphatic heterocycles. The molecule has 25 heavy (non-hydrogen) atoms. The van der Waals surface area contributed by atoms with E-state index in [-0.39, 0.29) is 17.1 Å². The number of carbonyl (C=O) groups excluding carboxylic acids is 1. The third-order valence-corrected chi connectivity index (χ3v) is 4.09. The zero-order valence-corrected chi connectivity index (χ0v) is 16.8. The molecule has 2 aromatic rings. The van der Waals surface area contributed by atoms with Gasteiger partial charge in [0.2, 0.25) is 0 Å². The predicted octanol–water partition coefficient (Wildman–Crippen LogP) is 4.35. The number of aryl methyl sites for hydroxylation is 1. The Hall–Kier alpha value is -1.92. The third kappa shape index (κ3) is 6.14. The Labute approximate surface area is 162 Å². The molecule has 0 saturated carbocycles. The van der Waals surface area contributed by atoms with Crippen molar-refractivity contribution in [3.05, 3.63) is 63.6 Å². The zero-order chi connectivity index (χ0) is 18.4. The summed E-state index contributed by atoms with van der Waals surface area (Å²) in [6, 6.07) is 13.4. The average molecular weight is 421 g/mol. The molecule has 132 valence electrons. The molecule has 0 aliphatic carbocycles. The van der Waals surface area contributed by atoms with E-state index in [0.717, 1.165) is 10.0 Å². The van der Waals surface area contributed by atoms with Crippen molar-refractivity contribution in [2.24, 2.45) is 0 Å². The van der Waals surface area contributed by atoms with E-state index in [2.05, 4.69) is 26.6 Å². The summed E-state index contributed by atoms with van der Waals surface area (Å²) in [7, 11) is 0. The van der Waals surface area contributed by atoms with E-state index in [1.807, 2.05) is 51.1 Å². The highest BCUT2D eigenvalue weighted by atomic mass is 79.9. The van der Waals surface area contributed by atoms with Gasteiger partial charge in [0.05, 0.1) is 11.7 Å². The van der Waals surface area contributed by atoms with Crippen molar-refractivity contribution in [3.8, 4) is 5.75 Å². The Bertz CT molecular complexity index is 761. The van der Waals surface area contributed by atoms with Crippen LogP contribution in [-0.4, -0.2) is 17.1 Å². The highest BCUT2D eigenvalue weighted by Gasteiger charge is 2.15. The summed E-state index contributed by atoms with van der Waals surface area (Å²) >= 11 is 8.60. The lowest BCUT2D eigenvalue weighted by Gasteiger charge is -2.15. The van der Waals surface area contributed by atoms with Crippen LogP contribution in [0.5, 0.6) is 5.75 Å². The van der Waals surface area contributed by atoms with Crippen LogP contribution in [0.1, 0.15) is 35.3 Å². The van der Waals surface area contributed by atoms with Crippen molar-refractivity contribution >= 4 is 39.2 Å². The molecule has 0 aliphatic rings. The summed E-state index contributed by atoms with van der Waals surface area (Å²) in [5.41, 5.74) is 2.73. The van der Waals surface area contributed by atoms with Gasteiger partial charge in [-0.05, 0) is 56.8 Å². The largest absolute Gasteiger partial charge is 0.490 e. The van der Waals surface area contributed by atoms with Gasteiger partial charge < -0.3 is 10.1 Å². The van der Waals surface area contributed by atoms with Crippen molar-refractivity contribution in [2.45, 2.75) is 33.4 Å². The van der Waals surface area contributed by atoms with Crippen molar-refractivity contribution < 1.29 is 9.53 Å². The fraction of sp³-hybridized carbons (Fsp3) is 0.263. The molecule has 0 spiro atoms. The van der Waals surface area contributed by atoms with Crippen LogP contribution in [0.15, 0.2) is 46.9 Å². The summed E-state index contributed by atoms with van der Waals surface area (Å²) in [6.07, 6.45) is -0.0284. The number of hydrogen-bond donors (Lipinski definition) is 2. The van der Waals surface area contributed by atoms with E-state index in [0.29, 0.717) is 17.9 Å². The van der Waals surface area contributed by atoms with Crippen LogP contribution in [0.2, 0.25) is 0 Å². The Morgan fingerprint density at radius 2 is 1.88 bits per heavy atom. The summed E-state index contributed by atoms with van der Waals surface area (Å²) < 4.78 is 6.50. The molecular formula is C19H21BrN2O2S.